The van der Waals surface area contributed by atoms with Crippen LogP contribution in [0.15, 0.2) is 48.5 Å². The first-order valence-electron chi connectivity index (χ1n) is 8.80. The first kappa shape index (κ1) is 22.9. The minimum atomic E-state index is -4.72. The number of phosphoric ester groups is 1. The van der Waals surface area contributed by atoms with Crippen LogP contribution < -0.4 is 20.5 Å². The molecule has 29 heavy (non-hydrogen) atoms. The van der Waals surface area contributed by atoms with E-state index in [-0.39, 0.29) is 6.10 Å². The van der Waals surface area contributed by atoms with Crippen molar-refractivity contribution in [1.82, 2.24) is 0 Å². The van der Waals surface area contributed by atoms with Gasteiger partial charge in [0.15, 0.2) is 0 Å². The van der Waals surface area contributed by atoms with Crippen molar-refractivity contribution >= 4 is 19.4 Å². The van der Waals surface area contributed by atoms with Gasteiger partial charge in [-0.3, -0.25) is 9.32 Å². The molecule has 0 aliphatic heterocycles. The Labute approximate surface area is 169 Å². The highest BCUT2D eigenvalue weighted by atomic mass is 31.2. The normalized spacial score (nSPS) is 13.6. The third-order valence-electron chi connectivity index (χ3n) is 3.58. The van der Waals surface area contributed by atoms with Crippen molar-refractivity contribution in [3.8, 4) is 17.2 Å². The Morgan fingerprint density at radius 3 is 2.34 bits per heavy atom. The van der Waals surface area contributed by atoms with Gasteiger partial charge >= 0.3 is 7.82 Å². The van der Waals surface area contributed by atoms with Crippen molar-refractivity contribution in [1.29, 1.82) is 0 Å². The second-order valence-corrected chi connectivity index (χ2v) is 8.14. The maximum Gasteiger partial charge on any atom is 0.469 e. The molecule has 0 saturated carbocycles. The van der Waals surface area contributed by atoms with Crippen LogP contribution in [0.3, 0.4) is 0 Å². The largest absolute Gasteiger partial charge is 0.491 e. The lowest BCUT2D eigenvalue weighted by atomic mass is 10.0. The number of benzene rings is 2. The second kappa shape index (κ2) is 9.39. The summed E-state index contributed by atoms with van der Waals surface area (Å²) in [7, 11) is -4.72. The number of hydrogen-bond donors (Lipinski definition) is 4. The van der Waals surface area contributed by atoms with E-state index in [2.05, 4.69) is 9.84 Å². The first-order chi connectivity index (χ1) is 13.4. The fourth-order valence-electron chi connectivity index (χ4n) is 2.18. The number of anilines is 1. The molecule has 2 aromatic carbocycles. The molecule has 0 unspecified atom stereocenters. The van der Waals surface area contributed by atoms with Gasteiger partial charge in [0.05, 0.1) is 12.7 Å². The van der Waals surface area contributed by atoms with Crippen molar-refractivity contribution in [3.63, 3.8) is 0 Å². The smallest absolute Gasteiger partial charge is 0.469 e. The van der Waals surface area contributed by atoms with E-state index < -0.39 is 25.9 Å². The highest BCUT2D eigenvalue weighted by Gasteiger charge is 2.32. The van der Waals surface area contributed by atoms with E-state index in [4.69, 9.17) is 25.0 Å². The van der Waals surface area contributed by atoms with Gasteiger partial charge in [0.2, 0.25) is 5.91 Å². The molecule has 0 aliphatic carbocycles. The molecule has 0 saturated heterocycles. The third-order valence-corrected chi connectivity index (χ3v) is 4.04. The highest BCUT2D eigenvalue weighted by Crippen LogP contribution is 2.36. The summed E-state index contributed by atoms with van der Waals surface area (Å²) in [4.78, 5) is 29.7. The molecule has 9 nitrogen and oxygen atoms in total. The van der Waals surface area contributed by atoms with Crippen molar-refractivity contribution in [3.05, 3.63) is 48.5 Å². The molecule has 0 radical (unpaired) electrons. The predicted molar refractivity (Wildman–Crippen MR) is 108 cm³/mol. The number of ether oxygens (including phenoxy) is 2. The van der Waals surface area contributed by atoms with Gasteiger partial charge in [-0.2, -0.15) is 0 Å². The van der Waals surface area contributed by atoms with Gasteiger partial charge in [0.1, 0.15) is 22.8 Å². The summed E-state index contributed by atoms with van der Waals surface area (Å²) in [5.41, 5.74) is 4.58. The number of carbonyl (C=O) groups is 1. The quantitative estimate of drug-likeness (QED) is 0.450. The lowest BCUT2D eigenvalue weighted by Crippen LogP contribution is -2.52. The Morgan fingerprint density at radius 2 is 1.76 bits per heavy atom. The highest BCUT2D eigenvalue weighted by molar-refractivity contribution is 7.46. The molecule has 0 heterocycles. The molecule has 0 aromatic heterocycles. The van der Waals surface area contributed by atoms with E-state index in [1.165, 1.54) is 6.92 Å². The zero-order chi connectivity index (χ0) is 21.7. The summed E-state index contributed by atoms with van der Waals surface area (Å²) in [5, 5.41) is 2.57. The lowest BCUT2D eigenvalue weighted by molar-refractivity contribution is -0.121. The van der Waals surface area contributed by atoms with Gasteiger partial charge in [-0.05, 0) is 57.2 Å². The summed E-state index contributed by atoms with van der Waals surface area (Å²) >= 11 is 0. The van der Waals surface area contributed by atoms with Gasteiger partial charge in [0, 0.05) is 11.8 Å². The Kier molecular flexibility index (Phi) is 7.40. The predicted octanol–water partition coefficient (Wildman–Crippen LogP) is 3.03. The second-order valence-electron chi connectivity index (χ2n) is 6.90. The van der Waals surface area contributed by atoms with Crippen LogP contribution in [0, 0.1) is 0 Å². The van der Waals surface area contributed by atoms with Crippen molar-refractivity contribution in [2.24, 2.45) is 5.73 Å². The molecule has 0 bridgehead atoms. The number of rotatable bonds is 9. The SMILES string of the molecule is CC(C)Oc1cccc(Oc2ccc(NC(=O)[C@@](C)(N)COP(=O)(O)O)cc2)c1. The van der Waals surface area contributed by atoms with Crippen LogP contribution in [0.5, 0.6) is 17.2 Å². The van der Waals surface area contributed by atoms with Gasteiger partial charge in [-0.25, -0.2) is 4.57 Å². The third kappa shape index (κ3) is 7.84. The number of phosphoric acid groups is 1. The van der Waals surface area contributed by atoms with Gasteiger partial charge in [0.25, 0.3) is 0 Å². The van der Waals surface area contributed by atoms with Gasteiger partial charge < -0.3 is 30.3 Å². The number of amides is 1. The van der Waals surface area contributed by atoms with Crippen LogP contribution >= 0.6 is 7.82 Å². The van der Waals surface area contributed by atoms with Gasteiger partial charge in [-0.15, -0.1) is 0 Å². The fraction of sp³-hybridized carbons (Fsp3) is 0.316. The molecule has 1 amide bonds. The van der Waals surface area contributed by atoms with Crippen LogP contribution in [0.4, 0.5) is 5.69 Å². The number of nitrogens with two attached hydrogens (primary N) is 1. The van der Waals surface area contributed by atoms with Gasteiger partial charge in [-0.1, -0.05) is 6.07 Å². The standard InChI is InChI=1S/C19H25N2O7P/c1-13(2)27-16-5-4-6-17(11-16)28-15-9-7-14(8-10-15)21-18(22)19(3,20)12-26-29(23,24)25/h4-11,13H,12,20H2,1-3H3,(H,21,22)(H2,23,24,25)/t19-/m0/s1. The lowest BCUT2D eigenvalue weighted by Gasteiger charge is -2.23. The molecule has 0 aliphatic rings. The summed E-state index contributed by atoms with van der Waals surface area (Å²) in [6.45, 7) is 4.54. The topological polar surface area (TPSA) is 140 Å². The molecule has 2 aromatic rings. The van der Waals surface area contributed by atoms with Crippen molar-refractivity contribution in [2.75, 3.05) is 11.9 Å². The fourth-order valence-corrected chi connectivity index (χ4v) is 2.62. The average Bonchev–Trinajstić information content (AvgIpc) is 2.61. The molecule has 5 N–H and O–H groups in total. The molecular weight excluding hydrogens is 399 g/mol. The Morgan fingerprint density at radius 1 is 1.14 bits per heavy atom. The van der Waals surface area contributed by atoms with E-state index in [1.54, 1.807) is 36.4 Å². The molecule has 158 valence electrons. The number of carbonyl (C=O) groups excluding carboxylic acids is 1. The van der Waals surface area contributed by atoms with Crippen LogP contribution in [0.2, 0.25) is 0 Å². The molecule has 1 atom stereocenters. The molecule has 0 fully saturated rings. The Bertz CT molecular complexity index is 878. The maximum absolute atomic E-state index is 12.2. The summed E-state index contributed by atoms with van der Waals surface area (Å²) < 4.78 is 26.5. The number of nitrogens with one attached hydrogen (secondary N) is 1. The average molecular weight is 424 g/mol. The van der Waals surface area contributed by atoms with E-state index in [9.17, 15) is 9.36 Å². The summed E-state index contributed by atoms with van der Waals surface area (Å²) in [5.74, 6) is 1.19. The van der Waals surface area contributed by atoms with E-state index in [0.717, 1.165) is 0 Å². The van der Waals surface area contributed by atoms with E-state index in [1.807, 2.05) is 26.0 Å². The van der Waals surface area contributed by atoms with Crippen molar-refractivity contribution in [2.45, 2.75) is 32.4 Å². The van der Waals surface area contributed by atoms with E-state index in [0.29, 0.717) is 22.9 Å². The zero-order valence-corrected chi connectivity index (χ0v) is 17.3. The minimum Gasteiger partial charge on any atom is -0.491 e. The monoisotopic (exact) mass is 424 g/mol. The van der Waals surface area contributed by atoms with Crippen LogP contribution in [-0.2, 0) is 13.9 Å². The van der Waals surface area contributed by atoms with Crippen LogP contribution in [-0.4, -0.2) is 33.9 Å². The zero-order valence-electron chi connectivity index (χ0n) is 16.4. The van der Waals surface area contributed by atoms with E-state index >= 15 is 0 Å². The Hall–Kier alpha value is -2.42. The summed E-state index contributed by atoms with van der Waals surface area (Å²) in [6.07, 6.45) is 0.0495. The number of hydrogen-bond acceptors (Lipinski definition) is 6. The van der Waals surface area contributed by atoms with Crippen LogP contribution in [0.25, 0.3) is 0 Å². The summed E-state index contributed by atoms with van der Waals surface area (Å²) in [6, 6.07) is 13.8. The molecule has 0 spiro atoms. The minimum absolute atomic E-state index is 0.0495. The van der Waals surface area contributed by atoms with Crippen molar-refractivity contribution < 1.29 is 33.1 Å². The molecular formula is C19H25N2O7P. The van der Waals surface area contributed by atoms with Crippen LogP contribution in [0.1, 0.15) is 20.8 Å². The molecule has 10 heteroatoms. The molecule has 2 rings (SSSR count). The maximum atomic E-state index is 12.2. The first-order valence-corrected chi connectivity index (χ1v) is 10.3. The Balaban J connectivity index is 1.98.